The fourth-order valence-corrected chi connectivity index (χ4v) is 1.84. The van der Waals surface area contributed by atoms with Crippen molar-refractivity contribution < 1.29 is 5.11 Å². The summed E-state index contributed by atoms with van der Waals surface area (Å²) in [6.45, 7) is 10.3. The lowest BCUT2D eigenvalue weighted by atomic mass is 9.87. The van der Waals surface area contributed by atoms with Gasteiger partial charge >= 0.3 is 0 Å². The Kier molecular flexibility index (Phi) is 8.28. The first-order chi connectivity index (χ1) is 7.59. The average Bonchev–Trinajstić information content (AvgIpc) is 2.29. The summed E-state index contributed by atoms with van der Waals surface area (Å²) in [5, 5.41) is 9.21. The van der Waals surface area contributed by atoms with Crippen molar-refractivity contribution in [1.29, 1.82) is 0 Å². The summed E-state index contributed by atoms with van der Waals surface area (Å²) in [6.07, 6.45) is 8.80. The second kappa shape index (κ2) is 8.58. The quantitative estimate of drug-likeness (QED) is 0.746. The van der Waals surface area contributed by atoms with E-state index in [0.29, 0.717) is 5.92 Å². The number of hydrogen-bond acceptors (Lipinski definition) is 1. The van der Waals surface area contributed by atoms with Gasteiger partial charge in [-0.1, -0.05) is 44.1 Å². The zero-order valence-electron chi connectivity index (χ0n) is 11.6. The number of allylic oxidation sites excluding steroid dienone is 4. The van der Waals surface area contributed by atoms with Crippen molar-refractivity contribution in [3.8, 4) is 0 Å². The summed E-state index contributed by atoms with van der Waals surface area (Å²) in [7, 11) is 0. The lowest BCUT2D eigenvalue weighted by Crippen LogP contribution is -2.07. The maximum Gasteiger partial charge on any atom is 0.0512 e. The number of rotatable bonds is 4. The van der Waals surface area contributed by atoms with Crippen molar-refractivity contribution in [2.24, 2.45) is 5.92 Å². The molecule has 0 aromatic heterocycles. The molecule has 0 saturated heterocycles. The maximum atomic E-state index is 9.21. The molecule has 1 nitrogen and oxygen atoms in total. The van der Waals surface area contributed by atoms with Gasteiger partial charge in [0.25, 0.3) is 0 Å². The largest absolute Gasteiger partial charge is 0.393 e. The molecule has 94 valence electrons. The summed E-state index contributed by atoms with van der Waals surface area (Å²) >= 11 is 0. The van der Waals surface area contributed by atoms with E-state index in [-0.39, 0.29) is 6.10 Å². The van der Waals surface area contributed by atoms with Crippen LogP contribution < -0.4 is 0 Å². The number of hydrogen-bond donors (Lipinski definition) is 1. The Labute approximate surface area is 101 Å². The SMILES string of the molecule is CC.CC1=CC=C(C(C)CCC(C)O)CC1. The molecule has 0 saturated carbocycles. The van der Waals surface area contributed by atoms with E-state index in [2.05, 4.69) is 26.0 Å². The number of aliphatic hydroxyl groups is 1. The van der Waals surface area contributed by atoms with Crippen LogP contribution in [-0.4, -0.2) is 11.2 Å². The first kappa shape index (κ1) is 15.4. The van der Waals surface area contributed by atoms with Gasteiger partial charge < -0.3 is 5.11 Å². The van der Waals surface area contributed by atoms with Gasteiger partial charge in [-0.3, -0.25) is 0 Å². The van der Waals surface area contributed by atoms with Gasteiger partial charge in [-0.25, -0.2) is 0 Å². The van der Waals surface area contributed by atoms with Crippen LogP contribution >= 0.6 is 0 Å². The van der Waals surface area contributed by atoms with Crippen LogP contribution in [0.1, 0.15) is 60.3 Å². The zero-order valence-corrected chi connectivity index (χ0v) is 11.6. The third-order valence-corrected chi connectivity index (χ3v) is 3.04. The van der Waals surface area contributed by atoms with Crippen molar-refractivity contribution in [2.75, 3.05) is 0 Å². The van der Waals surface area contributed by atoms with Gasteiger partial charge in [0.05, 0.1) is 6.10 Å². The Bertz CT molecular complexity index is 236. The van der Waals surface area contributed by atoms with Gasteiger partial charge in [0.15, 0.2) is 0 Å². The standard InChI is InChI=1S/C13H22O.C2H6/c1-10-4-8-13(9-5-10)11(2)6-7-12(3)14;1-2/h4,8,11-12,14H,5-7,9H2,1-3H3;1-2H3. The normalized spacial score (nSPS) is 18.9. The van der Waals surface area contributed by atoms with Crippen molar-refractivity contribution in [3.05, 3.63) is 23.3 Å². The maximum absolute atomic E-state index is 9.21. The molecular formula is C15H28O. The van der Waals surface area contributed by atoms with Crippen LogP contribution in [0.3, 0.4) is 0 Å². The minimum absolute atomic E-state index is 0.154. The Hall–Kier alpha value is -0.560. The van der Waals surface area contributed by atoms with E-state index in [1.165, 1.54) is 18.4 Å². The van der Waals surface area contributed by atoms with Crippen LogP contribution in [-0.2, 0) is 0 Å². The molecule has 16 heavy (non-hydrogen) atoms. The Morgan fingerprint density at radius 2 is 1.75 bits per heavy atom. The first-order valence-electron chi connectivity index (χ1n) is 6.64. The van der Waals surface area contributed by atoms with Gasteiger partial charge in [-0.05, 0) is 45.4 Å². The highest BCUT2D eigenvalue weighted by molar-refractivity contribution is 5.24. The van der Waals surface area contributed by atoms with E-state index >= 15 is 0 Å². The fraction of sp³-hybridized carbons (Fsp3) is 0.733. The van der Waals surface area contributed by atoms with Crippen LogP contribution in [0.5, 0.6) is 0 Å². The summed E-state index contributed by atoms with van der Waals surface area (Å²) in [5.41, 5.74) is 3.03. The summed E-state index contributed by atoms with van der Waals surface area (Å²) in [5.74, 6) is 0.633. The molecule has 2 atom stereocenters. The van der Waals surface area contributed by atoms with Gasteiger partial charge in [0.2, 0.25) is 0 Å². The molecule has 1 aliphatic rings. The van der Waals surface area contributed by atoms with Crippen molar-refractivity contribution in [1.82, 2.24) is 0 Å². The van der Waals surface area contributed by atoms with Gasteiger partial charge in [-0.15, -0.1) is 0 Å². The Morgan fingerprint density at radius 1 is 1.12 bits per heavy atom. The fourth-order valence-electron chi connectivity index (χ4n) is 1.84. The zero-order chi connectivity index (χ0) is 12.6. The number of aliphatic hydroxyl groups excluding tert-OH is 1. The van der Waals surface area contributed by atoms with Crippen molar-refractivity contribution in [3.63, 3.8) is 0 Å². The average molecular weight is 224 g/mol. The van der Waals surface area contributed by atoms with E-state index < -0.39 is 0 Å². The summed E-state index contributed by atoms with van der Waals surface area (Å²) in [6, 6.07) is 0. The summed E-state index contributed by atoms with van der Waals surface area (Å²) in [4.78, 5) is 0. The lowest BCUT2D eigenvalue weighted by molar-refractivity contribution is 0.176. The van der Waals surface area contributed by atoms with Crippen molar-refractivity contribution in [2.45, 2.75) is 66.4 Å². The highest BCUT2D eigenvalue weighted by Crippen LogP contribution is 2.26. The molecule has 0 aliphatic heterocycles. The molecule has 0 amide bonds. The molecule has 0 aromatic carbocycles. The second-order valence-electron chi connectivity index (χ2n) is 4.58. The van der Waals surface area contributed by atoms with E-state index in [1.54, 1.807) is 5.57 Å². The highest BCUT2D eigenvalue weighted by Gasteiger charge is 2.11. The van der Waals surface area contributed by atoms with Crippen LogP contribution in [0.25, 0.3) is 0 Å². The smallest absolute Gasteiger partial charge is 0.0512 e. The van der Waals surface area contributed by atoms with Gasteiger partial charge in [0.1, 0.15) is 0 Å². The molecule has 0 fully saturated rings. The third-order valence-electron chi connectivity index (χ3n) is 3.04. The Morgan fingerprint density at radius 3 is 2.19 bits per heavy atom. The summed E-state index contributed by atoms with van der Waals surface area (Å²) < 4.78 is 0. The second-order valence-corrected chi connectivity index (χ2v) is 4.58. The third kappa shape index (κ3) is 6.12. The highest BCUT2D eigenvalue weighted by atomic mass is 16.3. The molecule has 0 heterocycles. The monoisotopic (exact) mass is 224 g/mol. The molecule has 0 bridgehead atoms. The molecule has 1 aliphatic carbocycles. The molecule has 2 unspecified atom stereocenters. The van der Waals surface area contributed by atoms with Crippen LogP contribution in [0.15, 0.2) is 23.3 Å². The predicted octanol–water partition coefficient (Wildman–Crippen LogP) is 4.48. The first-order valence-corrected chi connectivity index (χ1v) is 6.64. The minimum atomic E-state index is -0.154. The Balaban J connectivity index is 0.00000106. The molecule has 1 heteroatoms. The van der Waals surface area contributed by atoms with E-state index in [9.17, 15) is 5.11 Å². The topological polar surface area (TPSA) is 20.2 Å². The lowest BCUT2D eigenvalue weighted by Gasteiger charge is -2.19. The van der Waals surface area contributed by atoms with E-state index in [0.717, 1.165) is 12.8 Å². The van der Waals surface area contributed by atoms with Crippen LogP contribution in [0.2, 0.25) is 0 Å². The minimum Gasteiger partial charge on any atom is -0.393 e. The molecular weight excluding hydrogens is 196 g/mol. The molecule has 1 rings (SSSR count). The van der Waals surface area contributed by atoms with Gasteiger partial charge in [0, 0.05) is 0 Å². The van der Waals surface area contributed by atoms with E-state index in [4.69, 9.17) is 0 Å². The molecule has 0 radical (unpaired) electrons. The van der Waals surface area contributed by atoms with E-state index in [1.807, 2.05) is 20.8 Å². The molecule has 0 spiro atoms. The van der Waals surface area contributed by atoms with Gasteiger partial charge in [-0.2, -0.15) is 0 Å². The van der Waals surface area contributed by atoms with Crippen LogP contribution in [0, 0.1) is 5.92 Å². The predicted molar refractivity (Wildman–Crippen MR) is 72.5 cm³/mol. The van der Waals surface area contributed by atoms with Crippen molar-refractivity contribution >= 4 is 0 Å². The van der Waals surface area contributed by atoms with Crippen LogP contribution in [0.4, 0.5) is 0 Å². The molecule has 1 N–H and O–H groups in total. The molecule has 0 aromatic rings.